The van der Waals surface area contributed by atoms with E-state index in [1.165, 1.54) is 0 Å². The number of nitrogens with zero attached hydrogens (tertiary/aromatic N) is 2. The molecule has 0 radical (unpaired) electrons. The molecule has 2 aromatic heterocycles. The maximum atomic E-state index is 9.20. The van der Waals surface area contributed by atoms with Crippen molar-refractivity contribution in [2.75, 3.05) is 12.4 Å². The van der Waals surface area contributed by atoms with E-state index in [0.29, 0.717) is 5.88 Å². The lowest BCUT2D eigenvalue weighted by Crippen LogP contribution is -2.76. The van der Waals surface area contributed by atoms with Gasteiger partial charge >= 0.3 is 0 Å². The molecule has 0 spiro atoms. The first-order valence-corrected chi connectivity index (χ1v) is 9.25. The Hall–Kier alpha value is -2.35. The number of methoxy groups -OCH3 is 1. The second-order valence-electron chi connectivity index (χ2n) is 7.21. The first-order chi connectivity index (χ1) is 13.1. The van der Waals surface area contributed by atoms with Crippen molar-refractivity contribution in [1.29, 1.82) is 0 Å². The zero-order valence-corrected chi connectivity index (χ0v) is 15.9. The van der Waals surface area contributed by atoms with E-state index in [2.05, 4.69) is 32.8 Å². The molecule has 3 N–H and O–H groups in total. The minimum absolute atomic E-state index is 0.234. The van der Waals surface area contributed by atoms with Crippen LogP contribution in [0.1, 0.15) is 19.3 Å². The normalized spacial score (nSPS) is 24.9. The van der Waals surface area contributed by atoms with Crippen LogP contribution in [0.3, 0.4) is 0 Å². The van der Waals surface area contributed by atoms with Crippen molar-refractivity contribution < 1.29 is 9.84 Å². The van der Waals surface area contributed by atoms with Crippen LogP contribution in [0.25, 0.3) is 10.9 Å². The SMILES string of the molecule is COc1nccc2c(Nc3ccccc3)ccnc12.OC12CC(NS)(C1)C2. The van der Waals surface area contributed by atoms with Crippen LogP contribution in [0.5, 0.6) is 5.88 Å². The molecule has 1 aromatic carbocycles. The van der Waals surface area contributed by atoms with Gasteiger partial charge in [-0.2, -0.15) is 0 Å². The molecule has 3 aromatic rings. The van der Waals surface area contributed by atoms with Crippen LogP contribution >= 0.6 is 12.8 Å². The highest BCUT2D eigenvalue weighted by molar-refractivity contribution is 7.78. The highest BCUT2D eigenvalue weighted by Crippen LogP contribution is 2.60. The lowest BCUT2D eigenvalue weighted by atomic mass is 9.47. The fourth-order valence-corrected chi connectivity index (χ4v) is 4.08. The smallest absolute Gasteiger partial charge is 0.240 e. The van der Waals surface area contributed by atoms with Gasteiger partial charge in [-0.25, -0.2) is 4.98 Å². The number of nitrogens with one attached hydrogen (secondary N) is 2. The molecular formula is C20H22N4O2S. The summed E-state index contributed by atoms with van der Waals surface area (Å²) < 4.78 is 8.13. The van der Waals surface area contributed by atoms with Gasteiger partial charge in [-0.15, -0.1) is 0 Å². The fourth-order valence-electron chi connectivity index (χ4n) is 3.84. The molecule has 2 heterocycles. The zero-order valence-electron chi connectivity index (χ0n) is 15.0. The maximum Gasteiger partial charge on any atom is 0.240 e. The van der Waals surface area contributed by atoms with E-state index in [9.17, 15) is 5.11 Å². The molecule has 27 heavy (non-hydrogen) atoms. The van der Waals surface area contributed by atoms with E-state index in [1.807, 2.05) is 42.5 Å². The van der Waals surface area contributed by atoms with Crippen LogP contribution in [-0.2, 0) is 0 Å². The number of ether oxygens (including phenoxy) is 1. The molecular weight excluding hydrogens is 360 g/mol. The zero-order chi connectivity index (χ0) is 18.9. The summed E-state index contributed by atoms with van der Waals surface area (Å²) in [7, 11) is 1.60. The molecule has 3 saturated carbocycles. The van der Waals surface area contributed by atoms with Gasteiger partial charge in [0.25, 0.3) is 0 Å². The number of hydrogen-bond acceptors (Lipinski definition) is 7. The van der Waals surface area contributed by atoms with E-state index < -0.39 is 0 Å². The Bertz CT molecular complexity index is 931. The number of fused-ring (bicyclic) bond motifs is 1. The molecule has 3 aliphatic rings. The minimum atomic E-state index is -0.282. The van der Waals surface area contributed by atoms with Crippen LogP contribution in [0, 0.1) is 0 Å². The van der Waals surface area contributed by atoms with E-state index in [0.717, 1.165) is 41.5 Å². The minimum Gasteiger partial charge on any atom is -0.479 e. The fraction of sp³-hybridized carbons (Fsp3) is 0.300. The average Bonchev–Trinajstić information content (AvgIpc) is 2.66. The average molecular weight is 382 g/mol. The number of benzene rings is 1. The number of thiol groups is 1. The van der Waals surface area contributed by atoms with Gasteiger partial charge < -0.3 is 15.2 Å². The summed E-state index contributed by atoms with van der Waals surface area (Å²) >= 11 is 3.95. The van der Waals surface area contributed by atoms with Crippen molar-refractivity contribution in [2.45, 2.75) is 30.4 Å². The molecule has 0 amide bonds. The summed E-state index contributed by atoms with van der Waals surface area (Å²) in [5.74, 6) is 0.536. The van der Waals surface area contributed by atoms with Gasteiger partial charge in [-0.1, -0.05) is 31.0 Å². The third-order valence-corrected chi connectivity index (χ3v) is 5.59. The molecule has 6 nitrogen and oxygen atoms in total. The van der Waals surface area contributed by atoms with Gasteiger partial charge in [0.1, 0.15) is 5.52 Å². The molecule has 140 valence electrons. The van der Waals surface area contributed by atoms with Gasteiger partial charge in [-0.05, 0) is 43.5 Å². The topological polar surface area (TPSA) is 79.3 Å². The molecule has 3 aliphatic carbocycles. The van der Waals surface area contributed by atoms with E-state index >= 15 is 0 Å². The summed E-state index contributed by atoms with van der Waals surface area (Å²) in [6, 6.07) is 13.9. The van der Waals surface area contributed by atoms with Crippen LogP contribution in [0.15, 0.2) is 54.9 Å². The second-order valence-corrected chi connectivity index (χ2v) is 7.44. The standard InChI is InChI=1S/C15H13N3O.C5H9NOS/c1-19-15-14-12(7-9-17-15)13(8-10-16-14)18-11-5-3-2-4-6-11;7-5-1-4(2-5,3-5)6-8/h2-10H,1H3,(H,16,18);6-8H,1-3H2. The molecule has 2 bridgehead atoms. The number of pyridine rings is 2. The second kappa shape index (κ2) is 6.99. The first-order valence-electron chi connectivity index (χ1n) is 8.80. The Morgan fingerprint density at radius 2 is 1.74 bits per heavy atom. The van der Waals surface area contributed by atoms with Gasteiger partial charge in [0, 0.05) is 34.7 Å². The van der Waals surface area contributed by atoms with Gasteiger partial charge in [0.2, 0.25) is 5.88 Å². The molecule has 3 fully saturated rings. The van der Waals surface area contributed by atoms with Crippen molar-refractivity contribution in [2.24, 2.45) is 0 Å². The van der Waals surface area contributed by atoms with Crippen molar-refractivity contribution in [1.82, 2.24) is 14.7 Å². The largest absolute Gasteiger partial charge is 0.479 e. The Labute approximate surface area is 163 Å². The van der Waals surface area contributed by atoms with Gasteiger partial charge in [-0.3, -0.25) is 9.71 Å². The monoisotopic (exact) mass is 382 g/mol. The van der Waals surface area contributed by atoms with E-state index in [1.54, 1.807) is 19.5 Å². The predicted octanol–water partition coefficient (Wildman–Crippen LogP) is 3.47. The Morgan fingerprint density at radius 3 is 2.33 bits per heavy atom. The number of aliphatic hydroxyl groups is 1. The predicted molar refractivity (Wildman–Crippen MR) is 109 cm³/mol. The Balaban J connectivity index is 0.000000186. The third-order valence-electron chi connectivity index (χ3n) is 5.11. The van der Waals surface area contributed by atoms with Crippen molar-refractivity contribution in [3.63, 3.8) is 0 Å². The summed E-state index contributed by atoms with van der Waals surface area (Å²) in [5.41, 5.74) is 2.72. The van der Waals surface area contributed by atoms with E-state index in [-0.39, 0.29) is 11.1 Å². The summed E-state index contributed by atoms with van der Waals surface area (Å²) in [4.78, 5) is 8.49. The Morgan fingerprint density at radius 1 is 1.04 bits per heavy atom. The number of hydrogen-bond donors (Lipinski definition) is 4. The molecule has 7 heteroatoms. The van der Waals surface area contributed by atoms with Gasteiger partial charge in [0.15, 0.2) is 0 Å². The molecule has 0 aliphatic heterocycles. The quantitative estimate of drug-likeness (QED) is 0.518. The summed E-state index contributed by atoms with van der Waals surface area (Å²) in [6.45, 7) is 0. The van der Waals surface area contributed by atoms with Crippen molar-refractivity contribution in [3.8, 4) is 5.88 Å². The van der Waals surface area contributed by atoms with Crippen LogP contribution < -0.4 is 14.8 Å². The number of para-hydroxylation sites is 1. The number of rotatable bonds is 4. The lowest BCUT2D eigenvalue weighted by molar-refractivity contribution is -0.211. The van der Waals surface area contributed by atoms with Gasteiger partial charge in [0.05, 0.1) is 12.7 Å². The highest BCUT2D eigenvalue weighted by Gasteiger charge is 2.67. The number of aromatic nitrogens is 2. The van der Waals surface area contributed by atoms with Crippen LogP contribution in [0.2, 0.25) is 0 Å². The lowest BCUT2D eigenvalue weighted by Gasteiger charge is -2.67. The van der Waals surface area contributed by atoms with E-state index in [4.69, 9.17) is 4.74 Å². The van der Waals surface area contributed by atoms with Crippen LogP contribution in [0.4, 0.5) is 11.4 Å². The summed E-state index contributed by atoms with van der Waals surface area (Å²) in [5, 5.41) is 13.6. The molecule has 0 atom stereocenters. The molecule has 0 saturated heterocycles. The van der Waals surface area contributed by atoms with Crippen molar-refractivity contribution >= 4 is 35.1 Å². The number of anilines is 2. The Kier molecular flexibility index (Phi) is 4.67. The highest BCUT2D eigenvalue weighted by atomic mass is 32.1. The van der Waals surface area contributed by atoms with Crippen molar-refractivity contribution in [3.05, 3.63) is 54.9 Å². The molecule has 6 rings (SSSR count). The first kappa shape index (κ1) is 18.0. The molecule has 0 unspecified atom stereocenters. The third kappa shape index (κ3) is 3.45. The maximum absolute atomic E-state index is 9.20. The van der Waals surface area contributed by atoms with Crippen LogP contribution in [-0.4, -0.2) is 33.3 Å². The summed E-state index contributed by atoms with van der Waals surface area (Å²) in [6.07, 6.45) is 6.19.